The van der Waals surface area contributed by atoms with Crippen LogP contribution in [-0.4, -0.2) is 6.10 Å². The molecule has 1 radical (unpaired) electrons. The zero-order valence-corrected chi connectivity index (χ0v) is 8.71. The summed E-state index contributed by atoms with van der Waals surface area (Å²) in [6.45, 7) is 11.4. The van der Waals surface area contributed by atoms with E-state index in [0.29, 0.717) is 0 Å². The second-order valence-corrected chi connectivity index (χ2v) is 3.26. The molecule has 0 aliphatic carbocycles. The van der Waals surface area contributed by atoms with Gasteiger partial charge in [-0.05, 0) is 31.6 Å². The maximum atomic E-state index is 5.64. The van der Waals surface area contributed by atoms with E-state index in [9.17, 15) is 0 Å². The predicted octanol–water partition coefficient (Wildman–Crippen LogP) is 3.45. The number of hydrogen-bond acceptors (Lipinski definition) is 1. The van der Waals surface area contributed by atoms with Gasteiger partial charge in [0.05, 0.1) is 6.10 Å². The summed E-state index contributed by atoms with van der Waals surface area (Å²) in [7, 11) is 0. The summed E-state index contributed by atoms with van der Waals surface area (Å²) in [6.07, 6.45) is 4.79. The topological polar surface area (TPSA) is 9.23 Å². The lowest BCUT2D eigenvalue weighted by atomic mass is 10.1. The minimum atomic E-state index is 0.161. The lowest BCUT2D eigenvalue weighted by Gasteiger charge is -2.13. The largest absolute Gasteiger partial charge is 0.490 e. The molecule has 0 aliphatic rings. The van der Waals surface area contributed by atoms with Crippen LogP contribution < -0.4 is 4.74 Å². The minimum absolute atomic E-state index is 0.161. The molecule has 1 nitrogen and oxygen atoms in total. The van der Waals surface area contributed by atoms with E-state index in [0.717, 1.165) is 16.9 Å². The lowest BCUT2D eigenvalue weighted by molar-refractivity contribution is 0.242. The van der Waals surface area contributed by atoms with Gasteiger partial charge in [-0.25, -0.2) is 0 Å². The van der Waals surface area contributed by atoms with Crippen molar-refractivity contribution >= 4 is 6.08 Å². The summed E-state index contributed by atoms with van der Waals surface area (Å²) in [5, 5.41) is 0. The minimum Gasteiger partial charge on any atom is -0.490 e. The molecule has 73 valence electrons. The molecule has 0 aromatic heterocycles. The van der Waals surface area contributed by atoms with Crippen LogP contribution in [0.15, 0.2) is 31.4 Å². The standard InChI is InChI=1S/C13H15O/c1-5-11-8-7-9-13(12(11)6-2)14-10(3)4/h6-10H,1-2H2,3-4H3. The van der Waals surface area contributed by atoms with Gasteiger partial charge < -0.3 is 4.74 Å². The molecule has 0 spiro atoms. The van der Waals surface area contributed by atoms with Gasteiger partial charge in [0.25, 0.3) is 0 Å². The molecule has 0 amide bonds. The van der Waals surface area contributed by atoms with Crippen LogP contribution in [0.2, 0.25) is 0 Å². The number of ether oxygens (including phenoxy) is 1. The first-order chi connectivity index (χ1) is 6.69. The Bertz CT molecular complexity index is 337. The predicted molar refractivity (Wildman–Crippen MR) is 60.3 cm³/mol. The summed E-state index contributed by atoms with van der Waals surface area (Å²) in [4.78, 5) is 0. The third-order valence-corrected chi connectivity index (χ3v) is 1.82. The smallest absolute Gasteiger partial charge is 0.127 e. The van der Waals surface area contributed by atoms with Crippen molar-refractivity contribution in [3.05, 3.63) is 48.6 Å². The quantitative estimate of drug-likeness (QED) is 0.701. The number of rotatable bonds is 4. The Morgan fingerprint density at radius 3 is 2.64 bits per heavy atom. The molecule has 1 aromatic carbocycles. The van der Waals surface area contributed by atoms with Crippen molar-refractivity contribution in [3.8, 4) is 5.75 Å². The molecule has 0 atom stereocenters. The Morgan fingerprint density at radius 1 is 1.43 bits per heavy atom. The van der Waals surface area contributed by atoms with E-state index in [1.807, 2.05) is 32.0 Å². The van der Waals surface area contributed by atoms with Gasteiger partial charge in [0.2, 0.25) is 0 Å². The molecule has 0 unspecified atom stereocenters. The molecular weight excluding hydrogens is 172 g/mol. The van der Waals surface area contributed by atoms with E-state index in [2.05, 4.69) is 19.2 Å². The van der Waals surface area contributed by atoms with Crippen LogP contribution in [0.25, 0.3) is 6.08 Å². The molecule has 0 N–H and O–H groups in total. The fourth-order valence-corrected chi connectivity index (χ4v) is 1.27. The highest BCUT2D eigenvalue weighted by Crippen LogP contribution is 2.24. The van der Waals surface area contributed by atoms with E-state index >= 15 is 0 Å². The molecule has 1 rings (SSSR count). The van der Waals surface area contributed by atoms with Crippen LogP contribution in [-0.2, 0) is 0 Å². The molecule has 0 saturated heterocycles. The SMILES string of the molecule is C=[C]c1cccc(OC(C)C)c1C=C. The van der Waals surface area contributed by atoms with Gasteiger partial charge in [-0.15, -0.1) is 0 Å². The highest BCUT2D eigenvalue weighted by Gasteiger charge is 2.05. The fourth-order valence-electron chi connectivity index (χ4n) is 1.27. The van der Waals surface area contributed by atoms with Crippen LogP contribution in [0.5, 0.6) is 5.75 Å². The third kappa shape index (κ3) is 2.25. The van der Waals surface area contributed by atoms with E-state index < -0.39 is 0 Å². The van der Waals surface area contributed by atoms with Gasteiger partial charge in [-0.1, -0.05) is 31.4 Å². The second kappa shape index (κ2) is 4.66. The monoisotopic (exact) mass is 187 g/mol. The van der Waals surface area contributed by atoms with Gasteiger partial charge in [0.1, 0.15) is 5.75 Å². The van der Waals surface area contributed by atoms with E-state index in [4.69, 9.17) is 4.74 Å². The van der Waals surface area contributed by atoms with Crippen molar-refractivity contribution in [1.82, 2.24) is 0 Å². The molecular formula is C13H15O. The lowest BCUT2D eigenvalue weighted by Crippen LogP contribution is -2.07. The van der Waals surface area contributed by atoms with Gasteiger partial charge in [-0.2, -0.15) is 0 Å². The Morgan fingerprint density at radius 2 is 2.14 bits per heavy atom. The molecule has 0 heterocycles. The Hall–Kier alpha value is -1.50. The van der Waals surface area contributed by atoms with Crippen molar-refractivity contribution in [1.29, 1.82) is 0 Å². The van der Waals surface area contributed by atoms with E-state index in [1.54, 1.807) is 6.08 Å². The van der Waals surface area contributed by atoms with Crippen LogP contribution in [0.4, 0.5) is 0 Å². The maximum absolute atomic E-state index is 5.64. The maximum Gasteiger partial charge on any atom is 0.127 e. The van der Waals surface area contributed by atoms with Crippen molar-refractivity contribution in [2.75, 3.05) is 0 Å². The molecule has 1 aromatic rings. The summed E-state index contributed by atoms with van der Waals surface area (Å²) in [5.41, 5.74) is 1.88. The Labute approximate surface area is 85.7 Å². The first-order valence-corrected chi connectivity index (χ1v) is 4.64. The van der Waals surface area contributed by atoms with E-state index in [-0.39, 0.29) is 6.10 Å². The second-order valence-electron chi connectivity index (χ2n) is 3.26. The molecule has 1 heteroatoms. The summed E-state index contributed by atoms with van der Waals surface area (Å²) >= 11 is 0. The van der Waals surface area contributed by atoms with Gasteiger partial charge in [0.15, 0.2) is 0 Å². The number of hydrogen-bond donors (Lipinski definition) is 0. The van der Waals surface area contributed by atoms with Crippen LogP contribution in [0.3, 0.4) is 0 Å². The summed E-state index contributed by atoms with van der Waals surface area (Å²) < 4.78 is 5.64. The average molecular weight is 187 g/mol. The molecule has 0 saturated carbocycles. The van der Waals surface area contributed by atoms with Gasteiger partial charge in [-0.3, -0.25) is 0 Å². The Kier molecular flexibility index (Phi) is 3.52. The van der Waals surface area contributed by atoms with Crippen molar-refractivity contribution < 1.29 is 4.74 Å². The van der Waals surface area contributed by atoms with Crippen molar-refractivity contribution in [3.63, 3.8) is 0 Å². The Balaban J connectivity index is 3.14. The zero-order chi connectivity index (χ0) is 10.6. The molecule has 0 fully saturated rings. The fraction of sp³-hybridized carbons (Fsp3) is 0.231. The number of benzene rings is 1. The first kappa shape index (κ1) is 10.6. The van der Waals surface area contributed by atoms with Crippen LogP contribution in [0.1, 0.15) is 25.0 Å². The average Bonchev–Trinajstić information content (AvgIpc) is 2.16. The molecule has 14 heavy (non-hydrogen) atoms. The van der Waals surface area contributed by atoms with E-state index in [1.165, 1.54) is 0 Å². The highest BCUT2D eigenvalue weighted by molar-refractivity contribution is 5.61. The normalized spacial score (nSPS) is 9.93. The van der Waals surface area contributed by atoms with Crippen LogP contribution in [0, 0.1) is 6.08 Å². The molecule has 0 aliphatic heterocycles. The van der Waals surface area contributed by atoms with Crippen molar-refractivity contribution in [2.45, 2.75) is 20.0 Å². The summed E-state index contributed by atoms with van der Waals surface area (Å²) in [6, 6.07) is 5.80. The van der Waals surface area contributed by atoms with Crippen LogP contribution >= 0.6 is 0 Å². The van der Waals surface area contributed by atoms with Gasteiger partial charge in [0, 0.05) is 5.56 Å². The third-order valence-electron chi connectivity index (χ3n) is 1.82. The van der Waals surface area contributed by atoms with Gasteiger partial charge >= 0.3 is 0 Å². The highest BCUT2D eigenvalue weighted by atomic mass is 16.5. The first-order valence-electron chi connectivity index (χ1n) is 4.64. The molecule has 0 bridgehead atoms. The van der Waals surface area contributed by atoms with Crippen molar-refractivity contribution in [2.24, 2.45) is 0 Å². The summed E-state index contributed by atoms with van der Waals surface area (Å²) in [5.74, 6) is 0.837. The zero-order valence-electron chi connectivity index (χ0n) is 8.71.